The summed E-state index contributed by atoms with van der Waals surface area (Å²) in [5, 5.41) is 4.10. The third kappa shape index (κ3) is 3.04. The fourth-order valence-corrected chi connectivity index (χ4v) is 2.31. The summed E-state index contributed by atoms with van der Waals surface area (Å²) in [6.07, 6.45) is -4.39. The topological polar surface area (TPSA) is 44.1 Å². The van der Waals surface area contributed by atoms with Gasteiger partial charge in [0.25, 0.3) is 0 Å². The van der Waals surface area contributed by atoms with Gasteiger partial charge in [-0.15, -0.1) is 0 Å². The molecule has 4 nitrogen and oxygen atoms in total. The maximum Gasteiger partial charge on any atom is 0.416 e. The minimum atomic E-state index is -4.39. The van der Waals surface area contributed by atoms with Gasteiger partial charge in [-0.25, -0.2) is 9.48 Å². The fourth-order valence-electron chi connectivity index (χ4n) is 1.75. The van der Waals surface area contributed by atoms with Gasteiger partial charge in [0, 0.05) is 0 Å². The number of esters is 1. The number of aromatic nitrogens is 2. The van der Waals surface area contributed by atoms with Gasteiger partial charge in [0.15, 0.2) is 5.69 Å². The normalized spacial score (nSPS) is 11.5. The molecule has 0 aliphatic heterocycles. The second-order valence-corrected chi connectivity index (χ2v) is 5.27. The lowest BCUT2D eigenvalue weighted by Gasteiger charge is -2.08. The molecule has 0 aliphatic carbocycles. The van der Waals surface area contributed by atoms with Gasteiger partial charge in [0.2, 0.25) is 0 Å². The molecular formula is C13H10F3IN2O2. The molecule has 1 aromatic carbocycles. The molecule has 112 valence electrons. The van der Waals surface area contributed by atoms with E-state index in [1.54, 1.807) is 6.92 Å². The minimum absolute atomic E-state index is 0.135. The van der Waals surface area contributed by atoms with Gasteiger partial charge in [0.1, 0.15) is 0 Å². The molecule has 0 N–H and O–H groups in total. The number of hydrogen-bond acceptors (Lipinski definition) is 3. The van der Waals surface area contributed by atoms with Crippen molar-refractivity contribution in [2.45, 2.75) is 13.1 Å². The van der Waals surface area contributed by atoms with Crippen molar-refractivity contribution in [3.8, 4) is 5.69 Å². The van der Waals surface area contributed by atoms with Crippen LogP contribution in [0.5, 0.6) is 0 Å². The van der Waals surface area contributed by atoms with E-state index in [0.717, 1.165) is 12.1 Å². The summed E-state index contributed by atoms with van der Waals surface area (Å²) < 4.78 is 44.2. The van der Waals surface area contributed by atoms with Crippen molar-refractivity contribution in [2.75, 3.05) is 7.11 Å². The van der Waals surface area contributed by atoms with Crippen molar-refractivity contribution in [3.63, 3.8) is 0 Å². The zero-order chi connectivity index (χ0) is 15.8. The molecule has 0 spiro atoms. The monoisotopic (exact) mass is 410 g/mol. The van der Waals surface area contributed by atoms with Crippen LogP contribution >= 0.6 is 22.6 Å². The van der Waals surface area contributed by atoms with Crippen molar-refractivity contribution in [1.29, 1.82) is 0 Å². The lowest BCUT2D eigenvalue weighted by atomic mass is 10.2. The van der Waals surface area contributed by atoms with Crippen molar-refractivity contribution in [1.82, 2.24) is 9.78 Å². The molecule has 0 atom stereocenters. The van der Waals surface area contributed by atoms with Crippen LogP contribution in [-0.2, 0) is 10.9 Å². The Morgan fingerprint density at radius 2 is 1.86 bits per heavy atom. The van der Waals surface area contributed by atoms with Crippen molar-refractivity contribution < 1.29 is 22.7 Å². The first kappa shape index (κ1) is 15.8. The Labute approximate surface area is 132 Å². The molecule has 0 radical (unpaired) electrons. The van der Waals surface area contributed by atoms with Crippen LogP contribution in [0.4, 0.5) is 13.2 Å². The van der Waals surface area contributed by atoms with E-state index in [-0.39, 0.29) is 5.69 Å². The van der Waals surface area contributed by atoms with Crippen LogP contribution in [0.3, 0.4) is 0 Å². The van der Waals surface area contributed by atoms with Crippen LogP contribution in [0.15, 0.2) is 24.3 Å². The number of carbonyl (C=O) groups excluding carboxylic acids is 1. The lowest BCUT2D eigenvalue weighted by molar-refractivity contribution is -0.137. The third-order valence-electron chi connectivity index (χ3n) is 2.86. The fraction of sp³-hybridized carbons (Fsp3) is 0.231. The third-order valence-corrected chi connectivity index (χ3v) is 4.15. The van der Waals surface area contributed by atoms with Gasteiger partial charge in [-0.1, -0.05) is 0 Å². The molecule has 0 saturated heterocycles. The van der Waals surface area contributed by atoms with Gasteiger partial charge < -0.3 is 4.74 Å². The molecule has 21 heavy (non-hydrogen) atoms. The van der Waals surface area contributed by atoms with Gasteiger partial charge in [0.05, 0.1) is 27.6 Å². The Morgan fingerprint density at radius 1 is 1.29 bits per heavy atom. The number of halogens is 4. The molecule has 2 rings (SSSR count). The zero-order valence-corrected chi connectivity index (χ0v) is 13.2. The molecule has 0 aliphatic rings. The average Bonchev–Trinajstić information content (AvgIpc) is 2.74. The van der Waals surface area contributed by atoms with Crippen LogP contribution in [0.2, 0.25) is 0 Å². The number of methoxy groups -OCH3 is 1. The number of ether oxygens (including phenoxy) is 1. The molecule has 0 saturated carbocycles. The smallest absolute Gasteiger partial charge is 0.416 e. The molecule has 1 aromatic heterocycles. The number of rotatable bonds is 2. The van der Waals surface area contributed by atoms with E-state index in [1.807, 2.05) is 22.6 Å². The molecule has 2 aromatic rings. The molecule has 8 heteroatoms. The molecule has 1 heterocycles. The van der Waals surface area contributed by atoms with Crippen LogP contribution in [0.25, 0.3) is 5.69 Å². The van der Waals surface area contributed by atoms with E-state index in [1.165, 1.54) is 23.9 Å². The van der Waals surface area contributed by atoms with E-state index < -0.39 is 17.7 Å². The largest absolute Gasteiger partial charge is 0.464 e. The highest BCUT2D eigenvalue weighted by atomic mass is 127. The van der Waals surface area contributed by atoms with Crippen LogP contribution < -0.4 is 0 Å². The molecule has 0 unspecified atom stereocenters. The second kappa shape index (κ2) is 5.66. The van der Waals surface area contributed by atoms with Crippen LogP contribution in [0.1, 0.15) is 21.7 Å². The number of hydrogen-bond donors (Lipinski definition) is 0. The highest BCUT2D eigenvalue weighted by Crippen LogP contribution is 2.30. The Hall–Kier alpha value is -1.58. The van der Waals surface area contributed by atoms with Crippen molar-refractivity contribution >= 4 is 28.6 Å². The van der Waals surface area contributed by atoms with E-state index >= 15 is 0 Å². The lowest BCUT2D eigenvalue weighted by Crippen LogP contribution is -2.07. The second-order valence-electron chi connectivity index (χ2n) is 4.20. The summed E-state index contributed by atoms with van der Waals surface area (Å²) in [5.74, 6) is -0.590. The van der Waals surface area contributed by atoms with Crippen LogP contribution in [0, 0.1) is 10.5 Å². The van der Waals surface area contributed by atoms with Gasteiger partial charge in [-0.3, -0.25) is 0 Å². The Kier molecular flexibility index (Phi) is 4.26. The first-order chi connectivity index (χ1) is 9.75. The van der Waals surface area contributed by atoms with Crippen LogP contribution in [-0.4, -0.2) is 22.9 Å². The number of nitrogens with zero attached hydrogens (tertiary/aromatic N) is 2. The van der Waals surface area contributed by atoms with E-state index in [2.05, 4.69) is 9.84 Å². The van der Waals surface area contributed by atoms with Crippen molar-refractivity contribution in [2.24, 2.45) is 0 Å². The average molecular weight is 410 g/mol. The highest BCUT2D eigenvalue weighted by molar-refractivity contribution is 14.1. The van der Waals surface area contributed by atoms with Gasteiger partial charge >= 0.3 is 12.1 Å². The standard InChI is InChI=1S/C13H10F3IN2O2/c1-7-10(17)11(12(20)21-2)18-19(7)9-5-3-8(4-6-9)13(14,15)16/h3-6H,1-2H3. The predicted octanol–water partition coefficient (Wildman–Crippen LogP) is 3.59. The first-order valence-electron chi connectivity index (χ1n) is 5.76. The summed E-state index contributed by atoms with van der Waals surface area (Å²) in [5.41, 5.74) is 0.485. The SMILES string of the molecule is COC(=O)c1nn(-c2ccc(C(F)(F)F)cc2)c(C)c1I. The van der Waals surface area contributed by atoms with Crippen molar-refractivity contribution in [3.05, 3.63) is 44.8 Å². The van der Waals surface area contributed by atoms with E-state index in [9.17, 15) is 18.0 Å². The number of alkyl halides is 3. The Balaban J connectivity index is 2.46. The van der Waals surface area contributed by atoms with Gasteiger partial charge in [-0.05, 0) is 53.8 Å². The highest BCUT2D eigenvalue weighted by Gasteiger charge is 2.30. The number of benzene rings is 1. The summed E-state index contributed by atoms with van der Waals surface area (Å²) in [7, 11) is 1.24. The zero-order valence-electron chi connectivity index (χ0n) is 11.0. The van der Waals surface area contributed by atoms with Gasteiger partial charge in [-0.2, -0.15) is 18.3 Å². The summed E-state index contributed by atoms with van der Waals surface area (Å²) in [6.45, 7) is 1.72. The van der Waals surface area contributed by atoms with E-state index in [0.29, 0.717) is 15.0 Å². The summed E-state index contributed by atoms with van der Waals surface area (Å²) in [4.78, 5) is 11.6. The molecule has 0 bridgehead atoms. The molecule has 0 amide bonds. The summed E-state index contributed by atoms with van der Waals surface area (Å²) in [6, 6.07) is 4.56. The van der Waals surface area contributed by atoms with E-state index in [4.69, 9.17) is 0 Å². The predicted molar refractivity (Wildman–Crippen MR) is 77.4 cm³/mol. The maximum absolute atomic E-state index is 12.5. The number of carbonyl (C=O) groups is 1. The Bertz CT molecular complexity index is 678. The maximum atomic E-state index is 12.5. The molecular weight excluding hydrogens is 400 g/mol. The quantitative estimate of drug-likeness (QED) is 0.562. The first-order valence-corrected chi connectivity index (χ1v) is 6.84. The molecule has 0 fully saturated rings. The Morgan fingerprint density at radius 3 is 2.33 bits per heavy atom. The summed E-state index contributed by atoms with van der Waals surface area (Å²) >= 11 is 1.95. The minimum Gasteiger partial charge on any atom is -0.464 e.